The zero-order valence-electron chi connectivity index (χ0n) is 13.6. The van der Waals surface area contributed by atoms with Crippen molar-refractivity contribution in [3.05, 3.63) is 75.6 Å². The highest BCUT2D eigenvalue weighted by atomic mass is 35.5. The predicted octanol–water partition coefficient (Wildman–Crippen LogP) is 4.93. The first-order valence-corrected chi connectivity index (χ1v) is 8.54. The Labute approximate surface area is 155 Å². The minimum Gasteiger partial charge on any atom is -0.444 e. The van der Waals surface area contributed by atoms with Crippen LogP contribution in [0.15, 0.2) is 53.1 Å². The number of halogens is 2. The number of benzene rings is 2. The van der Waals surface area contributed by atoms with Crippen molar-refractivity contribution in [2.75, 3.05) is 6.54 Å². The van der Waals surface area contributed by atoms with Crippen LogP contribution in [-0.4, -0.2) is 17.4 Å². The molecule has 1 amide bonds. The predicted molar refractivity (Wildman–Crippen MR) is 99.2 cm³/mol. The quantitative estimate of drug-likeness (QED) is 0.688. The molecule has 0 spiro atoms. The Balaban J connectivity index is 1.58. The summed E-state index contributed by atoms with van der Waals surface area (Å²) in [6.45, 7) is 2.45. The third-order valence-corrected chi connectivity index (χ3v) is 4.53. The largest absolute Gasteiger partial charge is 0.444 e. The molecule has 25 heavy (non-hydrogen) atoms. The summed E-state index contributed by atoms with van der Waals surface area (Å²) in [6, 6.07) is 12.9. The molecule has 0 unspecified atom stereocenters. The second kappa shape index (κ2) is 7.72. The van der Waals surface area contributed by atoms with E-state index >= 15 is 0 Å². The van der Waals surface area contributed by atoms with Gasteiger partial charge >= 0.3 is 0 Å². The summed E-state index contributed by atoms with van der Waals surface area (Å²) in [5.41, 5.74) is 3.23. The van der Waals surface area contributed by atoms with E-state index in [9.17, 15) is 4.79 Å². The molecule has 0 bridgehead atoms. The zero-order valence-corrected chi connectivity index (χ0v) is 15.1. The molecule has 128 valence electrons. The van der Waals surface area contributed by atoms with Gasteiger partial charge in [0.25, 0.3) is 5.91 Å². The van der Waals surface area contributed by atoms with Gasteiger partial charge in [0.05, 0.1) is 21.3 Å². The maximum Gasteiger partial charge on any atom is 0.252 e. The normalized spacial score (nSPS) is 10.7. The minimum absolute atomic E-state index is 0.254. The van der Waals surface area contributed by atoms with E-state index in [1.54, 1.807) is 24.5 Å². The van der Waals surface area contributed by atoms with E-state index in [4.69, 9.17) is 27.6 Å². The van der Waals surface area contributed by atoms with Crippen LogP contribution in [0.3, 0.4) is 0 Å². The van der Waals surface area contributed by atoms with E-state index in [0.29, 0.717) is 29.4 Å². The summed E-state index contributed by atoms with van der Waals surface area (Å²) in [6.07, 6.45) is 2.16. The van der Waals surface area contributed by atoms with Gasteiger partial charge in [-0.05, 0) is 31.2 Å². The molecule has 3 aromatic rings. The minimum atomic E-state index is -0.269. The molecule has 2 aromatic carbocycles. The van der Waals surface area contributed by atoms with E-state index in [2.05, 4.69) is 10.3 Å². The molecule has 0 aliphatic carbocycles. The van der Waals surface area contributed by atoms with E-state index < -0.39 is 0 Å². The number of oxazole rings is 1. The molecule has 3 rings (SSSR count). The molecule has 6 heteroatoms. The Hall–Kier alpha value is -2.30. The van der Waals surface area contributed by atoms with Crippen molar-refractivity contribution in [3.8, 4) is 11.5 Å². The molecule has 0 atom stereocenters. The second-order valence-electron chi connectivity index (χ2n) is 5.62. The van der Waals surface area contributed by atoms with Crippen LogP contribution >= 0.6 is 23.2 Å². The van der Waals surface area contributed by atoms with Gasteiger partial charge in [-0.25, -0.2) is 4.98 Å². The maximum absolute atomic E-state index is 12.2. The number of nitrogens with one attached hydrogen (secondary N) is 1. The fourth-order valence-corrected chi connectivity index (χ4v) is 2.72. The van der Waals surface area contributed by atoms with Gasteiger partial charge in [0.2, 0.25) is 5.89 Å². The number of amides is 1. The molecule has 1 N–H and O–H groups in total. The van der Waals surface area contributed by atoms with Gasteiger partial charge in [-0.1, -0.05) is 47.0 Å². The van der Waals surface area contributed by atoms with Crippen LogP contribution in [0.2, 0.25) is 10.0 Å². The number of rotatable bonds is 5. The molecule has 0 radical (unpaired) electrons. The summed E-state index contributed by atoms with van der Waals surface area (Å²) < 4.78 is 5.51. The van der Waals surface area contributed by atoms with E-state index in [0.717, 1.165) is 11.3 Å². The number of aromatic nitrogens is 1. The average Bonchev–Trinajstić information content (AvgIpc) is 3.07. The van der Waals surface area contributed by atoms with Gasteiger partial charge in [0.1, 0.15) is 6.26 Å². The van der Waals surface area contributed by atoms with Crippen molar-refractivity contribution in [2.24, 2.45) is 0 Å². The first kappa shape index (κ1) is 17.5. The van der Waals surface area contributed by atoms with E-state index in [1.165, 1.54) is 5.56 Å². The second-order valence-corrected chi connectivity index (χ2v) is 6.40. The SMILES string of the molecule is Cc1ccc(-c2nc(CCNC(=O)c3cccc(Cl)c3Cl)co2)cc1. The fourth-order valence-electron chi connectivity index (χ4n) is 2.33. The van der Waals surface area contributed by atoms with E-state index in [-0.39, 0.29) is 10.9 Å². The Bertz CT molecular complexity index is 889. The summed E-state index contributed by atoms with van der Waals surface area (Å²) in [7, 11) is 0. The molecule has 0 aliphatic heterocycles. The zero-order chi connectivity index (χ0) is 17.8. The third kappa shape index (κ3) is 4.21. The average molecular weight is 375 g/mol. The smallest absolute Gasteiger partial charge is 0.252 e. The van der Waals surface area contributed by atoms with Crippen molar-refractivity contribution in [1.82, 2.24) is 10.3 Å². The number of carbonyl (C=O) groups is 1. The first-order chi connectivity index (χ1) is 12.0. The molecule has 0 aliphatic rings. The lowest BCUT2D eigenvalue weighted by atomic mass is 10.1. The monoisotopic (exact) mass is 374 g/mol. The molecule has 0 fully saturated rings. The van der Waals surface area contributed by atoms with Crippen LogP contribution in [-0.2, 0) is 6.42 Å². The van der Waals surface area contributed by atoms with Crippen LogP contribution in [0, 0.1) is 6.92 Å². The van der Waals surface area contributed by atoms with Crippen LogP contribution in [0.5, 0.6) is 0 Å². The van der Waals surface area contributed by atoms with Crippen molar-refractivity contribution >= 4 is 29.1 Å². The fraction of sp³-hybridized carbons (Fsp3) is 0.158. The molecular weight excluding hydrogens is 359 g/mol. The van der Waals surface area contributed by atoms with Gasteiger partial charge < -0.3 is 9.73 Å². The molecule has 0 saturated heterocycles. The Morgan fingerprint density at radius 2 is 1.92 bits per heavy atom. The Morgan fingerprint density at radius 1 is 1.16 bits per heavy atom. The maximum atomic E-state index is 12.2. The topological polar surface area (TPSA) is 55.1 Å². The van der Waals surface area contributed by atoms with Gasteiger partial charge in [-0.3, -0.25) is 4.79 Å². The van der Waals surface area contributed by atoms with Gasteiger partial charge in [0.15, 0.2) is 0 Å². The first-order valence-electron chi connectivity index (χ1n) is 7.78. The summed E-state index contributed by atoms with van der Waals surface area (Å²) in [5.74, 6) is 0.300. The summed E-state index contributed by atoms with van der Waals surface area (Å²) >= 11 is 12.0. The number of hydrogen-bond donors (Lipinski definition) is 1. The molecule has 1 heterocycles. The van der Waals surface area contributed by atoms with Crippen LogP contribution in [0.4, 0.5) is 0 Å². The standard InChI is InChI=1S/C19H16Cl2N2O2/c1-12-5-7-13(8-6-12)19-23-14(11-25-19)9-10-22-18(24)15-3-2-4-16(20)17(15)21/h2-8,11H,9-10H2,1H3,(H,22,24). The van der Waals surface area contributed by atoms with Crippen molar-refractivity contribution < 1.29 is 9.21 Å². The van der Waals surface area contributed by atoms with Crippen LogP contribution in [0.1, 0.15) is 21.6 Å². The number of aryl methyl sites for hydroxylation is 1. The van der Waals surface area contributed by atoms with Gasteiger partial charge in [-0.15, -0.1) is 0 Å². The lowest BCUT2D eigenvalue weighted by Crippen LogP contribution is -2.26. The molecule has 4 nitrogen and oxygen atoms in total. The van der Waals surface area contributed by atoms with Crippen LogP contribution in [0.25, 0.3) is 11.5 Å². The summed E-state index contributed by atoms with van der Waals surface area (Å²) in [4.78, 5) is 16.6. The lowest BCUT2D eigenvalue weighted by molar-refractivity contribution is 0.0954. The third-order valence-electron chi connectivity index (χ3n) is 3.71. The highest BCUT2D eigenvalue weighted by molar-refractivity contribution is 6.43. The summed E-state index contributed by atoms with van der Waals surface area (Å²) in [5, 5.41) is 3.42. The number of hydrogen-bond acceptors (Lipinski definition) is 3. The molecule has 1 aromatic heterocycles. The van der Waals surface area contributed by atoms with E-state index in [1.807, 2.05) is 31.2 Å². The molecule has 0 saturated carbocycles. The number of carbonyl (C=O) groups excluding carboxylic acids is 1. The Kier molecular flexibility index (Phi) is 5.41. The van der Waals surface area contributed by atoms with Crippen LogP contribution < -0.4 is 5.32 Å². The highest BCUT2D eigenvalue weighted by Crippen LogP contribution is 2.25. The molecular formula is C19H16Cl2N2O2. The van der Waals surface area contributed by atoms with Gasteiger partial charge in [0, 0.05) is 18.5 Å². The highest BCUT2D eigenvalue weighted by Gasteiger charge is 2.12. The Morgan fingerprint density at radius 3 is 2.68 bits per heavy atom. The van der Waals surface area contributed by atoms with Crippen molar-refractivity contribution in [2.45, 2.75) is 13.3 Å². The van der Waals surface area contributed by atoms with Crippen molar-refractivity contribution in [3.63, 3.8) is 0 Å². The number of nitrogens with zero attached hydrogens (tertiary/aromatic N) is 1. The van der Waals surface area contributed by atoms with Gasteiger partial charge in [-0.2, -0.15) is 0 Å². The van der Waals surface area contributed by atoms with Crippen molar-refractivity contribution in [1.29, 1.82) is 0 Å². The lowest BCUT2D eigenvalue weighted by Gasteiger charge is -2.06.